The van der Waals surface area contributed by atoms with E-state index in [9.17, 15) is 0 Å². The highest BCUT2D eigenvalue weighted by Gasteiger charge is 2.29. The van der Waals surface area contributed by atoms with Crippen LogP contribution in [0.4, 0.5) is 0 Å². The second-order valence-electron chi connectivity index (χ2n) is 6.27. The van der Waals surface area contributed by atoms with Gasteiger partial charge in [0.2, 0.25) is 0 Å². The van der Waals surface area contributed by atoms with Crippen LogP contribution in [0.3, 0.4) is 0 Å². The molecule has 0 amide bonds. The molecule has 0 bridgehead atoms. The van der Waals surface area contributed by atoms with Gasteiger partial charge in [0.05, 0.1) is 11.7 Å². The number of nitrogens with zero attached hydrogens (tertiary/aromatic N) is 2. The van der Waals surface area contributed by atoms with E-state index < -0.39 is 0 Å². The van der Waals surface area contributed by atoms with E-state index in [0.717, 1.165) is 25.8 Å². The highest BCUT2D eigenvalue weighted by Crippen LogP contribution is 2.30. The lowest BCUT2D eigenvalue weighted by atomic mass is 9.75. The minimum atomic E-state index is 0.266. The number of hydrogen-bond acceptors (Lipinski definition) is 2. The molecule has 0 spiro atoms. The second-order valence-corrected chi connectivity index (χ2v) is 6.27. The second kappa shape index (κ2) is 7.09. The SMILES string of the molecule is CCC(CC)n1ccc(CC(C)(CNC)C(C)C)n1. The number of hydrogen-bond donors (Lipinski definition) is 1. The van der Waals surface area contributed by atoms with Gasteiger partial charge in [0, 0.05) is 12.7 Å². The van der Waals surface area contributed by atoms with Crippen molar-refractivity contribution < 1.29 is 0 Å². The molecule has 1 heterocycles. The van der Waals surface area contributed by atoms with Crippen molar-refractivity contribution in [2.75, 3.05) is 13.6 Å². The summed E-state index contributed by atoms with van der Waals surface area (Å²) in [5.41, 5.74) is 1.49. The van der Waals surface area contributed by atoms with Crippen LogP contribution >= 0.6 is 0 Å². The van der Waals surface area contributed by atoms with E-state index in [4.69, 9.17) is 5.10 Å². The maximum Gasteiger partial charge on any atom is 0.0630 e. The zero-order chi connectivity index (χ0) is 14.5. The van der Waals surface area contributed by atoms with Gasteiger partial charge in [0.25, 0.3) is 0 Å². The third-order valence-electron chi connectivity index (χ3n) is 4.54. The Labute approximate surface area is 118 Å². The first-order valence-corrected chi connectivity index (χ1v) is 7.65. The van der Waals surface area contributed by atoms with Crippen LogP contribution in [0.2, 0.25) is 0 Å². The highest BCUT2D eigenvalue weighted by molar-refractivity contribution is 5.04. The fourth-order valence-electron chi connectivity index (χ4n) is 2.63. The van der Waals surface area contributed by atoms with Gasteiger partial charge in [0.15, 0.2) is 0 Å². The average molecular weight is 265 g/mol. The highest BCUT2D eigenvalue weighted by atomic mass is 15.3. The van der Waals surface area contributed by atoms with E-state index in [2.05, 4.69) is 56.9 Å². The molecule has 1 unspecified atom stereocenters. The van der Waals surface area contributed by atoms with Crippen LogP contribution in [0.5, 0.6) is 0 Å². The Morgan fingerprint density at radius 1 is 1.32 bits per heavy atom. The fourth-order valence-corrected chi connectivity index (χ4v) is 2.63. The first-order valence-electron chi connectivity index (χ1n) is 7.65. The smallest absolute Gasteiger partial charge is 0.0630 e. The molecule has 19 heavy (non-hydrogen) atoms. The summed E-state index contributed by atoms with van der Waals surface area (Å²) in [6, 6.07) is 2.73. The Balaban J connectivity index is 2.81. The number of rotatable bonds is 8. The Morgan fingerprint density at radius 2 is 1.95 bits per heavy atom. The van der Waals surface area contributed by atoms with Crippen LogP contribution in [0, 0.1) is 11.3 Å². The van der Waals surface area contributed by atoms with E-state index in [0.29, 0.717) is 12.0 Å². The van der Waals surface area contributed by atoms with Crippen molar-refractivity contribution in [3.8, 4) is 0 Å². The quantitative estimate of drug-likeness (QED) is 0.777. The van der Waals surface area contributed by atoms with Gasteiger partial charge in [-0.25, -0.2) is 0 Å². The lowest BCUT2D eigenvalue weighted by Gasteiger charge is -2.33. The van der Waals surface area contributed by atoms with E-state index >= 15 is 0 Å². The molecule has 1 rings (SSSR count). The summed E-state index contributed by atoms with van der Waals surface area (Å²) in [6.45, 7) is 12.4. The summed E-state index contributed by atoms with van der Waals surface area (Å²) in [5, 5.41) is 8.12. The topological polar surface area (TPSA) is 29.9 Å². The molecule has 0 aliphatic carbocycles. The molecule has 0 fully saturated rings. The van der Waals surface area contributed by atoms with Crippen LogP contribution < -0.4 is 5.32 Å². The van der Waals surface area contributed by atoms with Crippen LogP contribution in [0.25, 0.3) is 0 Å². The molecule has 110 valence electrons. The van der Waals surface area contributed by atoms with Crippen LogP contribution in [-0.2, 0) is 6.42 Å². The monoisotopic (exact) mass is 265 g/mol. The van der Waals surface area contributed by atoms with Crippen molar-refractivity contribution in [1.29, 1.82) is 0 Å². The molecule has 0 saturated heterocycles. The standard InChI is InChI=1S/C16H31N3/c1-7-15(8-2)19-10-9-14(18-19)11-16(5,12-17-6)13(3)4/h9-10,13,15,17H,7-8,11-12H2,1-6H3. The largest absolute Gasteiger partial charge is 0.319 e. The molecule has 0 aliphatic rings. The third-order valence-corrected chi connectivity index (χ3v) is 4.54. The van der Waals surface area contributed by atoms with E-state index in [1.54, 1.807) is 0 Å². The molecule has 1 aromatic rings. The van der Waals surface area contributed by atoms with Gasteiger partial charge >= 0.3 is 0 Å². The van der Waals surface area contributed by atoms with Gasteiger partial charge in [-0.2, -0.15) is 5.10 Å². The third kappa shape index (κ3) is 4.07. The first-order chi connectivity index (χ1) is 8.96. The van der Waals surface area contributed by atoms with E-state index in [-0.39, 0.29) is 5.41 Å². The summed E-state index contributed by atoms with van der Waals surface area (Å²) < 4.78 is 2.15. The van der Waals surface area contributed by atoms with Crippen molar-refractivity contribution in [2.24, 2.45) is 11.3 Å². The fraction of sp³-hybridized carbons (Fsp3) is 0.812. The molecule has 0 saturated carbocycles. The van der Waals surface area contributed by atoms with Crippen molar-refractivity contribution >= 4 is 0 Å². The van der Waals surface area contributed by atoms with Gasteiger partial charge in [-0.1, -0.05) is 34.6 Å². The Kier molecular flexibility index (Phi) is 6.05. The summed E-state index contributed by atoms with van der Waals surface area (Å²) in [7, 11) is 2.03. The summed E-state index contributed by atoms with van der Waals surface area (Å²) >= 11 is 0. The molecule has 0 radical (unpaired) electrons. The summed E-state index contributed by atoms with van der Waals surface area (Å²) in [6.07, 6.45) is 5.48. The lowest BCUT2D eigenvalue weighted by molar-refractivity contribution is 0.209. The first kappa shape index (κ1) is 16.2. The van der Waals surface area contributed by atoms with Crippen molar-refractivity contribution in [1.82, 2.24) is 15.1 Å². The Morgan fingerprint density at radius 3 is 2.42 bits per heavy atom. The molecular weight excluding hydrogens is 234 g/mol. The summed E-state index contributed by atoms with van der Waals surface area (Å²) in [4.78, 5) is 0. The Bertz CT molecular complexity index is 366. The summed E-state index contributed by atoms with van der Waals surface area (Å²) in [5.74, 6) is 0.637. The van der Waals surface area contributed by atoms with Gasteiger partial charge < -0.3 is 5.32 Å². The van der Waals surface area contributed by atoms with Crippen molar-refractivity contribution in [3.63, 3.8) is 0 Å². The normalized spacial score (nSPS) is 15.2. The average Bonchev–Trinajstić information content (AvgIpc) is 2.79. The van der Waals surface area contributed by atoms with Gasteiger partial charge in [0.1, 0.15) is 0 Å². The van der Waals surface area contributed by atoms with E-state index in [1.807, 2.05) is 7.05 Å². The molecule has 3 heteroatoms. The predicted molar refractivity (Wildman–Crippen MR) is 82.4 cm³/mol. The molecule has 0 aromatic carbocycles. The maximum absolute atomic E-state index is 4.79. The lowest BCUT2D eigenvalue weighted by Crippen LogP contribution is -2.36. The van der Waals surface area contributed by atoms with Gasteiger partial charge in [-0.3, -0.25) is 4.68 Å². The van der Waals surface area contributed by atoms with E-state index in [1.165, 1.54) is 5.69 Å². The molecule has 1 N–H and O–H groups in total. The maximum atomic E-state index is 4.79. The van der Waals surface area contributed by atoms with Crippen molar-refractivity contribution in [2.45, 2.75) is 59.9 Å². The predicted octanol–water partition coefficient (Wildman–Crippen LogP) is 3.67. The zero-order valence-corrected chi connectivity index (χ0v) is 13.5. The van der Waals surface area contributed by atoms with Crippen LogP contribution in [0.1, 0.15) is 59.2 Å². The van der Waals surface area contributed by atoms with Crippen molar-refractivity contribution in [3.05, 3.63) is 18.0 Å². The zero-order valence-electron chi connectivity index (χ0n) is 13.5. The van der Waals surface area contributed by atoms with Gasteiger partial charge in [-0.05, 0) is 43.7 Å². The number of nitrogens with one attached hydrogen (secondary N) is 1. The van der Waals surface area contributed by atoms with Gasteiger partial charge in [-0.15, -0.1) is 0 Å². The molecule has 1 aromatic heterocycles. The molecule has 3 nitrogen and oxygen atoms in total. The minimum Gasteiger partial charge on any atom is -0.319 e. The van der Waals surface area contributed by atoms with Crippen LogP contribution in [-0.4, -0.2) is 23.4 Å². The minimum absolute atomic E-state index is 0.266. The molecular formula is C16H31N3. The Hall–Kier alpha value is -0.830. The van der Waals surface area contributed by atoms with Crippen LogP contribution in [0.15, 0.2) is 12.3 Å². The molecule has 1 atom stereocenters. The number of aromatic nitrogens is 2. The molecule has 0 aliphatic heterocycles.